The molecule has 0 saturated heterocycles. The zero-order chi connectivity index (χ0) is 50.1. The Labute approximate surface area is 421 Å². The Hall–Kier alpha value is -6.40. The second-order valence-corrected chi connectivity index (χ2v) is 22.1. The lowest BCUT2D eigenvalue weighted by molar-refractivity contribution is -0.118. The van der Waals surface area contributed by atoms with Crippen molar-refractivity contribution in [3.05, 3.63) is 124 Å². The Kier molecular flexibility index (Phi) is 14.5. The van der Waals surface area contributed by atoms with Crippen LogP contribution in [0.25, 0.3) is 0 Å². The van der Waals surface area contributed by atoms with Gasteiger partial charge in [-0.05, 0) is 111 Å². The number of rotatable bonds is 18. The number of aliphatic hydroxyl groups is 2. The van der Waals surface area contributed by atoms with Gasteiger partial charge in [-0.25, -0.2) is 0 Å². The van der Waals surface area contributed by atoms with Gasteiger partial charge >= 0.3 is 0 Å². The van der Waals surface area contributed by atoms with Crippen molar-refractivity contribution in [3.8, 4) is 23.0 Å². The van der Waals surface area contributed by atoms with Gasteiger partial charge in [-0.3, -0.25) is 14.4 Å². The molecule has 0 fully saturated rings. The van der Waals surface area contributed by atoms with Crippen molar-refractivity contribution < 1.29 is 48.3 Å². The monoisotopic (exact) mass is 1000 g/mol. The molecule has 0 aromatic heterocycles. The number of ketones is 1. The normalized spacial score (nSPS) is 18.6. The van der Waals surface area contributed by atoms with E-state index >= 15 is 0 Å². The minimum absolute atomic E-state index is 0.0219. The number of benzene rings is 5. The number of hydrogen-bond donors (Lipinski definition) is 4. The van der Waals surface area contributed by atoms with E-state index in [1.165, 1.54) is 14.2 Å². The summed E-state index contributed by atoms with van der Waals surface area (Å²) < 4.78 is 24.3. The zero-order valence-corrected chi connectivity index (χ0v) is 42.3. The highest BCUT2D eigenvalue weighted by molar-refractivity contribution is 8.77. The van der Waals surface area contributed by atoms with E-state index in [0.29, 0.717) is 94.4 Å². The first-order chi connectivity index (χ1) is 34.1. The maximum absolute atomic E-state index is 14.2. The number of anilines is 5. The second-order valence-electron chi connectivity index (χ2n) is 18.9. The molecule has 3 amide bonds. The number of para-hydroxylation sites is 2. The van der Waals surface area contributed by atoms with Crippen LogP contribution in [0.3, 0.4) is 0 Å². The minimum atomic E-state index is -1.06. The van der Waals surface area contributed by atoms with Gasteiger partial charge < -0.3 is 59.3 Å². The molecule has 2 unspecified atom stereocenters. The molecule has 15 nitrogen and oxygen atoms in total. The van der Waals surface area contributed by atoms with E-state index in [4.69, 9.17) is 18.9 Å². The maximum Gasteiger partial charge on any atom is 0.260 e. The van der Waals surface area contributed by atoms with Crippen LogP contribution in [0, 0.1) is 0 Å². The van der Waals surface area contributed by atoms with E-state index in [2.05, 4.69) is 24.5 Å². The summed E-state index contributed by atoms with van der Waals surface area (Å²) in [6.07, 6.45) is 1.17. The van der Waals surface area contributed by atoms with Crippen molar-refractivity contribution >= 4 is 73.5 Å². The smallest absolute Gasteiger partial charge is 0.260 e. The second kappa shape index (κ2) is 20.7. The summed E-state index contributed by atoms with van der Waals surface area (Å²) in [6.45, 7) is 5.89. The molecule has 4 heterocycles. The van der Waals surface area contributed by atoms with E-state index in [1.807, 2.05) is 66.7 Å². The average Bonchev–Trinajstić information content (AvgIpc) is 3.91. The number of carbonyl (C=O) groups excluding carboxylic acids is 4. The van der Waals surface area contributed by atoms with Crippen molar-refractivity contribution in [1.82, 2.24) is 0 Å². The molecule has 4 aliphatic heterocycles. The van der Waals surface area contributed by atoms with Crippen molar-refractivity contribution in [3.63, 3.8) is 0 Å². The fourth-order valence-corrected chi connectivity index (χ4v) is 12.3. The van der Waals surface area contributed by atoms with E-state index in [0.717, 1.165) is 34.7 Å². The SMILES string of the molecule is COc1cc2c(cc1OCc1cc(COc3cc4c(cc3OC)C(=O)N3c5ccccc5C[C@H]3C(O)N4)cc(N(C)C(=O)CCC(C)(C)SSCCCC(C)=O)c1)NC(O)[C@@H]1Cc3ccccc3N1C2=O. The highest BCUT2D eigenvalue weighted by Crippen LogP contribution is 2.45. The first-order valence-electron chi connectivity index (χ1n) is 23.7. The van der Waals surface area contributed by atoms with Crippen LogP contribution in [0.15, 0.2) is 91.0 Å². The quantitative estimate of drug-likeness (QED) is 0.0484. The lowest BCUT2D eigenvalue weighted by atomic mass is 10.1. The number of Topliss-reactive ketones (excluding diaryl/α,β-unsaturated/α-hetero) is 1. The largest absolute Gasteiger partial charge is 0.493 e. The van der Waals surface area contributed by atoms with Crippen LogP contribution in [0.2, 0.25) is 0 Å². The van der Waals surface area contributed by atoms with Crippen molar-refractivity contribution in [2.75, 3.05) is 52.4 Å². The zero-order valence-electron chi connectivity index (χ0n) is 40.7. The van der Waals surface area contributed by atoms with Crippen LogP contribution < -0.4 is 44.3 Å². The van der Waals surface area contributed by atoms with Crippen LogP contribution in [0.4, 0.5) is 28.4 Å². The molecular formula is C54H59N5O10S2. The molecule has 0 saturated carbocycles. The molecule has 0 aliphatic carbocycles. The summed E-state index contributed by atoms with van der Waals surface area (Å²) in [6, 6.07) is 26.5. The standard InChI is InChI=1S/C54H59N5O10S2/c1-31(60)12-11-19-70-71-54(2,3)18-17-49(61)57(4)36-21-32(29-68-47-27-39-37(25-45(47)66-5)52(64)58-41-15-9-7-13-34(41)23-43(58)50(62)55-39)20-33(22-36)30-69-48-28-40-38(26-46(48)67-6)53(65)59-42-16-10-8-14-35(42)24-44(59)51(63)56-40/h7-10,13-16,20-22,25-28,43-44,50-51,55-56,62-63H,11-12,17-19,23-24,29-30H2,1-6H3/t43-,44-,50?,51?/m0/s1. The average molecular weight is 1000 g/mol. The van der Waals surface area contributed by atoms with E-state index < -0.39 is 24.5 Å². The number of fused-ring (bicyclic) bond motifs is 8. The third kappa shape index (κ3) is 10.4. The van der Waals surface area contributed by atoms with Gasteiger partial charge in [-0.15, -0.1) is 0 Å². The van der Waals surface area contributed by atoms with Crippen LogP contribution in [0.5, 0.6) is 23.0 Å². The summed E-state index contributed by atoms with van der Waals surface area (Å²) in [7, 11) is 8.19. The fraction of sp³-hybridized carbons (Fsp3) is 0.370. The predicted octanol–water partition coefficient (Wildman–Crippen LogP) is 8.76. The van der Waals surface area contributed by atoms with Gasteiger partial charge in [0.1, 0.15) is 31.5 Å². The number of aliphatic hydroxyl groups excluding tert-OH is 2. The first kappa shape index (κ1) is 49.6. The van der Waals surface area contributed by atoms with Crippen molar-refractivity contribution in [2.45, 2.75) is 102 Å². The molecule has 0 radical (unpaired) electrons. The van der Waals surface area contributed by atoms with Crippen LogP contribution in [0.1, 0.15) is 89.4 Å². The summed E-state index contributed by atoms with van der Waals surface area (Å²) in [5.41, 5.74) is 6.94. The minimum Gasteiger partial charge on any atom is -0.493 e. The summed E-state index contributed by atoms with van der Waals surface area (Å²) in [4.78, 5) is 58.6. The highest BCUT2D eigenvalue weighted by Gasteiger charge is 2.44. The van der Waals surface area contributed by atoms with Crippen molar-refractivity contribution in [2.24, 2.45) is 0 Å². The lowest BCUT2D eigenvalue weighted by Gasteiger charge is -2.26. The number of carbonyl (C=O) groups is 4. The van der Waals surface area contributed by atoms with E-state index in [9.17, 15) is 29.4 Å². The Morgan fingerprint density at radius 2 is 1.21 bits per heavy atom. The summed E-state index contributed by atoms with van der Waals surface area (Å²) in [5, 5.41) is 29.1. The number of nitrogens with zero attached hydrogens (tertiary/aromatic N) is 3. The van der Waals surface area contributed by atoms with Gasteiger partial charge in [-0.2, -0.15) is 0 Å². The van der Waals surface area contributed by atoms with Gasteiger partial charge in [-0.1, -0.05) is 58.0 Å². The van der Waals surface area contributed by atoms with Crippen LogP contribution in [-0.2, 0) is 35.6 Å². The van der Waals surface area contributed by atoms with Gasteiger partial charge in [0.2, 0.25) is 5.91 Å². The number of hydrogen-bond acceptors (Lipinski definition) is 14. The van der Waals surface area contributed by atoms with E-state index in [1.54, 1.807) is 74.5 Å². The third-order valence-corrected chi connectivity index (χ3v) is 16.9. The highest BCUT2D eigenvalue weighted by atomic mass is 33.1. The molecule has 4 atom stereocenters. The molecule has 4 aliphatic rings. The molecule has 9 rings (SSSR count). The van der Waals surface area contributed by atoms with Gasteiger partial charge in [0, 0.05) is 59.6 Å². The maximum atomic E-state index is 14.2. The predicted molar refractivity (Wildman–Crippen MR) is 279 cm³/mol. The Morgan fingerprint density at radius 3 is 1.69 bits per heavy atom. The molecule has 5 aromatic rings. The molecule has 17 heteroatoms. The number of nitrogens with one attached hydrogen (secondary N) is 2. The summed E-state index contributed by atoms with van der Waals surface area (Å²) in [5.74, 6) is 1.71. The lowest BCUT2D eigenvalue weighted by Crippen LogP contribution is -2.45. The Balaban J connectivity index is 0.971. The van der Waals surface area contributed by atoms with Gasteiger partial charge in [0.25, 0.3) is 11.8 Å². The Morgan fingerprint density at radius 1 is 0.718 bits per heavy atom. The molecule has 71 heavy (non-hydrogen) atoms. The summed E-state index contributed by atoms with van der Waals surface area (Å²) >= 11 is 0. The van der Waals surface area contributed by atoms with Crippen LogP contribution >= 0.6 is 21.6 Å². The molecule has 372 valence electrons. The third-order valence-electron chi connectivity index (χ3n) is 13.4. The topological polar surface area (TPSA) is 179 Å². The molecule has 5 aromatic carbocycles. The number of methoxy groups -OCH3 is 2. The molecule has 0 spiro atoms. The fourth-order valence-electron chi connectivity index (χ4n) is 9.65. The van der Waals surface area contributed by atoms with E-state index in [-0.39, 0.29) is 41.5 Å². The molecule has 4 N–H and O–H groups in total. The molecule has 0 bridgehead atoms. The number of ether oxygens (including phenoxy) is 4. The number of amides is 3. The van der Waals surface area contributed by atoms with Crippen molar-refractivity contribution in [1.29, 1.82) is 0 Å². The van der Waals surface area contributed by atoms with Gasteiger partial charge in [0.05, 0.1) is 48.8 Å². The van der Waals surface area contributed by atoms with Gasteiger partial charge in [0.15, 0.2) is 23.0 Å². The van der Waals surface area contributed by atoms with Crippen LogP contribution in [-0.4, -0.2) is 90.0 Å². The molecular weight excluding hydrogens is 943 g/mol. The first-order valence-corrected chi connectivity index (χ1v) is 26.1. The Bertz CT molecular complexity index is 2720.